The van der Waals surface area contributed by atoms with Crippen LogP contribution in [-0.2, 0) is 6.54 Å². The first kappa shape index (κ1) is 9.32. The number of likely N-dealkylation sites (tertiary alicyclic amines) is 1. The van der Waals surface area contributed by atoms with Gasteiger partial charge in [-0.15, -0.1) is 0 Å². The quantitative estimate of drug-likeness (QED) is 0.733. The molecule has 13 heavy (non-hydrogen) atoms. The molecule has 1 aliphatic rings. The molecule has 0 N–H and O–H groups in total. The molecule has 0 aromatic heterocycles. The maximum absolute atomic E-state index is 6.06. The van der Waals surface area contributed by atoms with Crippen LogP contribution in [0, 0.1) is 0 Å². The molecule has 0 atom stereocenters. The van der Waals surface area contributed by atoms with Crippen LogP contribution in [0.3, 0.4) is 0 Å². The highest BCUT2D eigenvalue weighted by Gasteiger charge is 2.15. The van der Waals surface area contributed by atoms with Crippen molar-refractivity contribution in [1.82, 2.24) is 4.90 Å². The fourth-order valence-corrected chi connectivity index (χ4v) is 1.83. The van der Waals surface area contributed by atoms with Crippen LogP contribution in [0.5, 0.6) is 0 Å². The molecule has 1 saturated heterocycles. The maximum atomic E-state index is 6.06. The van der Waals surface area contributed by atoms with Crippen LogP contribution in [0.1, 0.15) is 12.0 Å². The van der Waals surface area contributed by atoms with Crippen LogP contribution in [0.4, 0.5) is 0 Å². The molecule has 1 aromatic carbocycles. The first-order valence-electron chi connectivity index (χ1n) is 4.42. The Bertz CT molecular complexity index is 308. The fourth-order valence-electron chi connectivity index (χ4n) is 1.45. The number of nitrogens with zero attached hydrogens (tertiary/aromatic N) is 1. The summed E-state index contributed by atoms with van der Waals surface area (Å²) in [6.07, 6.45) is 1.30. The SMILES string of the molecule is Clc1cccc(CN2CCC2)c1Cl. The monoisotopic (exact) mass is 215 g/mol. The minimum Gasteiger partial charge on any atom is -0.299 e. The molecule has 1 aromatic rings. The summed E-state index contributed by atoms with van der Waals surface area (Å²) in [5.41, 5.74) is 1.13. The first-order chi connectivity index (χ1) is 6.27. The molecule has 0 amide bonds. The molecule has 0 aliphatic carbocycles. The molecular formula is C10H11Cl2N. The molecule has 1 nitrogen and oxygen atoms in total. The molecule has 70 valence electrons. The third-order valence-electron chi connectivity index (χ3n) is 2.37. The van der Waals surface area contributed by atoms with E-state index in [9.17, 15) is 0 Å². The zero-order chi connectivity index (χ0) is 9.26. The molecule has 1 aliphatic heterocycles. The lowest BCUT2D eigenvalue weighted by Crippen LogP contribution is -2.36. The van der Waals surface area contributed by atoms with Crippen molar-refractivity contribution < 1.29 is 0 Å². The van der Waals surface area contributed by atoms with Crippen molar-refractivity contribution in [1.29, 1.82) is 0 Å². The fraction of sp³-hybridized carbons (Fsp3) is 0.400. The molecule has 0 radical (unpaired) electrons. The number of halogens is 2. The Hall–Kier alpha value is -0.240. The van der Waals surface area contributed by atoms with Crippen molar-refractivity contribution in [2.24, 2.45) is 0 Å². The molecule has 1 fully saturated rings. The van der Waals surface area contributed by atoms with Crippen LogP contribution >= 0.6 is 23.2 Å². The van der Waals surface area contributed by atoms with Crippen molar-refractivity contribution >= 4 is 23.2 Å². The predicted octanol–water partition coefficient (Wildman–Crippen LogP) is 3.20. The molecule has 1 heterocycles. The van der Waals surface area contributed by atoms with Gasteiger partial charge in [0.05, 0.1) is 10.0 Å². The van der Waals surface area contributed by atoms with Gasteiger partial charge in [0.2, 0.25) is 0 Å². The normalized spacial score (nSPS) is 17.1. The van der Waals surface area contributed by atoms with E-state index in [1.165, 1.54) is 19.5 Å². The van der Waals surface area contributed by atoms with Gasteiger partial charge in [-0.3, -0.25) is 4.90 Å². The van der Waals surface area contributed by atoms with Gasteiger partial charge in [-0.2, -0.15) is 0 Å². The Morgan fingerprint density at radius 2 is 2.00 bits per heavy atom. The topological polar surface area (TPSA) is 3.24 Å². The average Bonchev–Trinajstić information content (AvgIpc) is 2.04. The Balaban J connectivity index is 2.14. The first-order valence-corrected chi connectivity index (χ1v) is 5.18. The van der Waals surface area contributed by atoms with Crippen molar-refractivity contribution in [3.63, 3.8) is 0 Å². The van der Waals surface area contributed by atoms with E-state index < -0.39 is 0 Å². The van der Waals surface area contributed by atoms with E-state index in [4.69, 9.17) is 23.2 Å². The zero-order valence-corrected chi connectivity index (χ0v) is 8.78. The van der Waals surface area contributed by atoms with Crippen LogP contribution < -0.4 is 0 Å². The smallest absolute Gasteiger partial charge is 0.0637 e. The average molecular weight is 216 g/mol. The van der Waals surface area contributed by atoms with E-state index in [1.807, 2.05) is 18.2 Å². The van der Waals surface area contributed by atoms with Gasteiger partial charge in [-0.1, -0.05) is 35.3 Å². The van der Waals surface area contributed by atoms with Crippen molar-refractivity contribution in [2.75, 3.05) is 13.1 Å². The number of hydrogen-bond acceptors (Lipinski definition) is 1. The summed E-state index contributed by atoms with van der Waals surface area (Å²) in [5.74, 6) is 0. The van der Waals surface area contributed by atoms with Gasteiger partial charge in [0.25, 0.3) is 0 Å². The van der Waals surface area contributed by atoms with Gasteiger partial charge in [-0.25, -0.2) is 0 Å². The lowest BCUT2D eigenvalue weighted by Gasteiger charge is -2.30. The highest BCUT2D eigenvalue weighted by atomic mass is 35.5. The zero-order valence-electron chi connectivity index (χ0n) is 7.26. The van der Waals surface area contributed by atoms with E-state index in [1.54, 1.807) is 0 Å². The number of rotatable bonds is 2. The van der Waals surface area contributed by atoms with E-state index in [0.29, 0.717) is 10.0 Å². The molecule has 0 bridgehead atoms. The predicted molar refractivity (Wildman–Crippen MR) is 56.4 cm³/mol. The van der Waals surface area contributed by atoms with E-state index >= 15 is 0 Å². The van der Waals surface area contributed by atoms with Crippen LogP contribution in [0.25, 0.3) is 0 Å². The van der Waals surface area contributed by atoms with Gasteiger partial charge in [0, 0.05) is 6.54 Å². The summed E-state index contributed by atoms with van der Waals surface area (Å²) in [6.45, 7) is 3.30. The van der Waals surface area contributed by atoms with Gasteiger partial charge in [0.1, 0.15) is 0 Å². The summed E-state index contributed by atoms with van der Waals surface area (Å²) in [5, 5.41) is 1.36. The summed E-state index contributed by atoms with van der Waals surface area (Å²) < 4.78 is 0. The van der Waals surface area contributed by atoms with Crippen molar-refractivity contribution in [3.05, 3.63) is 33.8 Å². The van der Waals surface area contributed by atoms with Gasteiger partial charge < -0.3 is 0 Å². The summed E-state index contributed by atoms with van der Waals surface area (Å²) in [4.78, 5) is 2.36. The molecule has 0 saturated carbocycles. The third kappa shape index (κ3) is 1.98. The standard InChI is InChI=1S/C10H11Cl2N/c11-9-4-1-3-8(10(9)12)7-13-5-2-6-13/h1,3-4H,2,5-7H2. The van der Waals surface area contributed by atoms with Crippen LogP contribution in [-0.4, -0.2) is 18.0 Å². The number of hydrogen-bond donors (Lipinski definition) is 0. The molecule has 0 unspecified atom stereocenters. The second-order valence-electron chi connectivity index (χ2n) is 3.34. The van der Waals surface area contributed by atoms with E-state index in [-0.39, 0.29) is 0 Å². The Kier molecular flexibility index (Phi) is 2.77. The largest absolute Gasteiger partial charge is 0.299 e. The minimum absolute atomic E-state index is 0.652. The third-order valence-corrected chi connectivity index (χ3v) is 3.23. The highest BCUT2D eigenvalue weighted by Crippen LogP contribution is 2.27. The van der Waals surface area contributed by atoms with Gasteiger partial charge in [-0.05, 0) is 31.1 Å². The van der Waals surface area contributed by atoms with Crippen LogP contribution in [0.15, 0.2) is 18.2 Å². The van der Waals surface area contributed by atoms with Crippen LogP contribution in [0.2, 0.25) is 10.0 Å². The van der Waals surface area contributed by atoms with Gasteiger partial charge in [0.15, 0.2) is 0 Å². The molecule has 0 spiro atoms. The van der Waals surface area contributed by atoms with E-state index in [0.717, 1.165) is 12.1 Å². The highest BCUT2D eigenvalue weighted by molar-refractivity contribution is 6.42. The number of benzene rings is 1. The Labute approximate surface area is 88.3 Å². The van der Waals surface area contributed by atoms with Crippen molar-refractivity contribution in [2.45, 2.75) is 13.0 Å². The second-order valence-corrected chi connectivity index (χ2v) is 4.13. The lowest BCUT2D eigenvalue weighted by molar-refractivity contribution is 0.172. The lowest BCUT2D eigenvalue weighted by atomic mass is 10.1. The molecule has 3 heteroatoms. The maximum Gasteiger partial charge on any atom is 0.0637 e. The Morgan fingerprint density at radius 1 is 1.23 bits per heavy atom. The molecular weight excluding hydrogens is 205 g/mol. The van der Waals surface area contributed by atoms with Crippen molar-refractivity contribution in [3.8, 4) is 0 Å². The summed E-state index contributed by atoms with van der Waals surface area (Å²) >= 11 is 12.0. The van der Waals surface area contributed by atoms with Gasteiger partial charge >= 0.3 is 0 Å². The second kappa shape index (κ2) is 3.87. The minimum atomic E-state index is 0.652. The summed E-state index contributed by atoms with van der Waals surface area (Å²) in [7, 11) is 0. The molecule has 2 rings (SSSR count). The van der Waals surface area contributed by atoms with E-state index in [2.05, 4.69) is 4.90 Å². The summed E-state index contributed by atoms with van der Waals surface area (Å²) in [6, 6.07) is 5.80. The Morgan fingerprint density at radius 3 is 2.62 bits per heavy atom.